The summed E-state index contributed by atoms with van der Waals surface area (Å²) in [6.45, 7) is 12.6. The number of benzene rings is 2. The number of nitrogens with one attached hydrogen (secondary N) is 1. The van der Waals surface area contributed by atoms with Gasteiger partial charge in [-0.1, -0.05) is 36.2 Å². The van der Waals surface area contributed by atoms with Crippen molar-refractivity contribution in [1.29, 1.82) is 0 Å². The molecule has 2 heterocycles. The summed E-state index contributed by atoms with van der Waals surface area (Å²) >= 11 is 6.75. The van der Waals surface area contributed by atoms with Crippen LogP contribution in [0.1, 0.15) is 63.4 Å². The number of rotatable bonds is 17. The Morgan fingerprint density at radius 3 is 2.42 bits per heavy atom. The van der Waals surface area contributed by atoms with E-state index in [9.17, 15) is 24.3 Å². The van der Waals surface area contributed by atoms with Gasteiger partial charge in [0.05, 0.1) is 38.0 Å². The van der Waals surface area contributed by atoms with Gasteiger partial charge in [-0.05, 0) is 63.9 Å². The van der Waals surface area contributed by atoms with Gasteiger partial charge in [-0.2, -0.15) is 0 Å². The number of ether oxygens (including phenoxy) is 6. The summed E-state index contributed by atoms with van der Waals surface area (Å²) in [7, 11) is 7.33. The summed E-state index contributed by atoms with van der Waals surface area (Å²) in [5, 5.41) is 14.0. The van der Waals surface area contributed by atoms with Crippen LogP contribution in [0.5, 0.6) is 11.5 Å². The van der Waals surface area contributed by atoms with E-state index >= 15 is 0 Å². The summed E-state index contributed by atoms with van der Waals surface area (Å²) in [5.41, 5.74) is 5.66. The van der Waals surface area contributed by atoms with Crippen LogP contribution in [0.4, 0.5) is 16.2 Å². The number of carbonyl (C=O) groups excluding carboxylic acids is 4. The zero-order chi connectivity index (χ0) is 42.6. The van der Waals surface area contributed by atoms with Crippen LogP contribution in [0.2, 0.25) is 5.02 Å². The first-order chi connectivity index (χ1) is 26.8. The molecule has 0 saturated carbocycles. The Bertz CT molecular complexity index is 1890. The third kappa shape index (κ3) is 9.66. The molecule has 4 N–H and O–H groups in total. The van der Waals surface area contributed by atoms with Gasteiger partial charge in [-0.25, -0.2) is 9.59 Å². The lowest BCUT2D eigenvalue weighted by Crippen LogP contribution is -2.63. The Kier molecular flexibility index (Phi) is 14.3. The lowest BCUT2D eigenvalue weighted by molar-refractivity contribution is -0.158. The second kappa shape index (κ2) is 18.2. The highest BCUT2D eigenvalue weighted by Gasteiger charge is 2.64. The number of aliphatic hydroxyl groups is 1. The van der Waals surface area contributed by atoms with Gasteiger partial charge in [0.1, 0.15) is 46.5 Å². The Labute approximate surface area is 339 Å². The molecule has 3 amide bonds. The number of epoxide rings is 1. The topological polar surface area (TPSA) is 192 Å². The highest BCUT2D eigenvalue weighted by molar-refractivity contribution is 6.35. The molecular formula is C41H55ClN4O11. The van der Waals surface area contributed by atoms with Crippen molar-refractivity contribution in [2.24, 2.45) is 5.92 Å². The fourth-order valence-electron chi connectivity index (χ4n) is 7.01. The predicted molar refractivity (Wildman–Crippen MR) is 214 cm³/mol. The number of halogens is 1. The van der Waals surface area contributed by atoms with Crippen molar-refractivity contribution in [3.63, 3.8) is 0 Å². The lowest BCUT2D eigenvalue weighted by Gasteiger charge is -2.42. The number of allylic oxidation sites excluding steroid dienone is 2. The number of hydrogen-bond acceptors (Lipinski definition) is 12. The molecule has 0 spiro atoms. The predicted octanol–water partition coefficient (Wildman–Crippen LogP) is 5.06. The van der Waals surface area contributed by atoms with E-state index in [1.807, 2.05) is 26.0 Å². The molecule has 2 aliphatic heterocycles. The van der Waals surface area contributed by atoms with Gasteiger partial charge < -0.3 is 49.1 Å². The second-order valence-corrected chi connectivity index (χ2v) is 15.1. The number of hydrogen-bond donors (Lipinski definition) is 3. The zero-order valence-electron chi connectivity index (χ0n) is 34.2. The minimum absolute atomic E-state index is 0.0890. The van der Waals surface area contributed by atoms with Crippen molar-refractivity contribution in [3.05, 3.63) is 70.8 Å². The minimum Gasteiger partial charge on any atom is -0.497 e. The van der Waals surface area contributed by atoms with Gasteiger partial charge in [0.15, 0.2) is 5.72 Å². The van der Waals surface area contributed by atoms with Gasteiger partial charge >= 0.3 is 12.1 Å². The van der Waals surface area contributed by atoms with Crippen LogP contribution in [0.3, 0.4) is 0 Å². The Morgan fingerprint density at radius 1 is 1.16 bits per heavy atom. The van der Waals surface area contributed by atoms with Gasteiger partial charge in [0.25, 0.3) is 5.91 Å². The molecule has 2 aromatic carbocycles. The molecule has 4 rings (SSSR count). The minimum atomic E-state index is -1.83. The number of carbonyl (C=O) groups is 4. The molecule has 57 heavy (non-hydrogen) atoms. The number of alkyl carbamates (subject to hydrolysis) is 1. The van der Waals surface area contributed by atoms with Crippen LogP contribution in [-0.4, -0.2) is 111 Å². The standard InChI is InChI=1S/C41H55ClN4O11/c1-12-22(3)16-25-17-29(35(42)30(18-25)53-10)46(8)34(47)20-33(56-38(49)24(5)45(7)37(48)27-15-14-26(52-9)19-28(27)43)40(6)36(57-40)23(4)31-21-41(51,32(13-2)54-11)44-39(50)55-31/h12-15,17-19,23-24,31-33,36,51H,2,16,20-21,43H2,1,3-11H3,(H,44,50)/b22-12+/t23-,24+,31+,32-,33+,36+,40+,41+/m1/s1. The van der Waals surface area contributed by atoms with Gasteiger partial charge in [-0.3, -0.25) is 14.9 Å². The van der Waals surface area contributed by atoms with E-state index < -0.39 is 71.6 Å². The number of esters is 1. The molecule has 0 bridgehead atoms. The molecule has 16 heteroatoms. The summed E-state index contributed by atoms with van der Waals surface area (Å²) in [6, 6.07) is 7.06. The van der Waals surface area contributed by atoms with E-state index in [1.165, 1.54) is 63.3 Å². The van der Waals surface area contributed by atoms with E-state index in [0.717, 1.165) is 11.1 Å². The van der Waals surface area contributed by atoms with Crippen molar-refractivity contribution in [1.82, 2.24) is 10.2 Å². The third-order valence-electron chi connectivity index (χ3n) is 11.0. The highest BCUT2D eigenvalue weighted by Crippen LogP contribution is 2.49. The first-order valence-corrected chi connectivity index (χ1v) is 18.9. The quantitative estimate of drug-likeness (QED) is 0.0835. The van der Waals surface area contributed by atoms with Crippen LogP contribution in [0.25, 0.3) is 0 Å². The highest BCUT2D eigenvalue weighted by atomic mass is 35.5. The van der Waals surface area contributed by atoms with Crippen molar-refractivity contribution in [2.75, 3.05) is 46.1 Å². The van der Waals surface area contributed by atoms with Crippen LogP contribution in [0.15, 0.2) is 54.6 Å². The fourth-order valence-corrected chi connectivity index (χ4v) is 7.32. The zero-order valence-corrected chi connectivity index (χ0v) is 35.0. The Balaban J connectivity index is 1.65. The number of nitrogen functional groups attached to an aromatic ring is 1. The van der Waals surface area contributed by atoms with Gasteiger partial charge in [0.2, 0.25) is 5.91 Å². The maximum absolute atomic E-state index is 14.2. The Hall–Kier alpha value is -4.83. The van der Waals surface area contributed by atoms with E-state index in [0.29, 0.717) is 23.6 Å². The first-order valence-electron chi connectivity index (χ1n) is 18.5. The van der Waals surface area contributed by atoms with Crippen LogP contribution in [-0.2, 0) is 35.0 Å². The number of methoxy groups -OCH3 is 3. The number of cyclic esters (lactones) is 1. The molecule has 312 valence electrons. The van der Waals surface area contributed by atoms with Gasteiger partial charge in [0, 0.05) is 45.3 Å². The average Bonchev–Trinajstić information content (AvgIpc) is 3.88. The smallest absolute Gasteiger partial charge is 0.409 e. The lowest BCUT2D eigenvalue weighted by atomic mass is 9.83. The van der Waals surface area contributed by atoms with Crippen LogP contribution in [0, 0.1) is 5.92 Å². The second-order valence-electron chi connectivity index (χ2n) is 14.7. The normalized spacial score (nSPS) is 23.8. The first kappa shape index (κ1) is 44.9. The molecule has 0 radical (unpaired) electrons. The van der Waals surface area contributed by atoms with Crippen molar-refractivity contribution < 1.29 is 52.7 Å². The third-order valence-corrected chi connectivity index (χ3v) is 11.4. The molecule has 0 unspecified atom stereocenters. The van der Waals surface area contributed by atoms with Crippen molar-refractivity contribution in [2.45, 2.75) is 95.7 Å². The molecule has 2 fully saturated rings. The maximum atomic E-state index is 14.2. The molecule has 0 aromatic heterocycles. The summed E-state index contributed by atoms with van der Waals surface area (Å²) in [6.07, 6.45) is -1.15. The number of nitrogens with zero attached hydrogens (tertiary/aromatic N) is 2. The largest absolute Gasteiger partial charge is 0.497 e. The summed E-state index contributed by atoms with van der Waals surface area (Å²) in [5.74, 6) is -1.57. The SMILES string of the molecule is C=C[C@@H](OC)[C@@]1(O)C[C@@H]([C@@H](C)[C@@H]2O[C@@]2(C)[C@H](CC(=O)N(C)c2cc(C/C(C)=C/C)cc(OC)c2Cl)OC(=O)[C@H](C)N(C)C(=O)c2ccc(OC)cc2N)OC(=O)N1. The molecule has 2 saturated heterocycles. The van der Waals surface area contributed by atoms with Crippen LogP contribution >= 0.6 is 11.6 Å². The molecule has 2 aliphatic rings. The number of nitrogens with two attached hydrogens (primary N) is 1. The van der Waals surface area contributed by atoms with Crippen molar-refractivity contribution in [3.8, 4) is 11.5 Å². The van der Waals surface area contributed by atoms with E-state index in [1.54, 1.807) is 33.0 Å². The molecule has 0 aliphatic carbocycles. The Morgan fingerprint density at radius 2 is 1.84 bits per heavy atom. The van der Waals surface area contributed by atoms with Crippen LogP contribution < -0.4 is 25.4 Å². The van der Waals surface area contributed by atoms with E-state index in [4.69, 9.17) is 45.8 Å². The number of amides is 3. The molecule has 2 aromatic rings. The average molecular weight is 815 g/mol. The molecule has 15 nitrogen and oxygen atoms in total. The van der Waals surface area contributed by atoms with E-state index in [2.05, 4.69) is 11.9 Å². The number of anilines is 2. The van der Waals surface area contributed by atoms with Gasteiger partial charge in [-0.15, -0.1) is 6.58 Å². The summed E-state index contributed by atoms with van der Waals surface area (Å²) in [4.78, 5) is 56.9. The fraction of sp³-hybridized carbons (Fsp3) is 0.512. The van der Waals surface area contributed by atoms with Crippen molar-refractivity contribution >= 4 is 46.9 Å². The summed E-state index contributed by atoms with van der Waals surface area (Å²) < 4.78 is 34.1. The monoisotopic (exact) mass is 814 g/mol. The maximum Gasteiger partial charge on any atom is 0.409 e. The number of likely N-dealkylation sites (N-methyl/N-ethyl adjacent to an activating group) is 1. The molecule has 8 atom stereocenters. The van der Waals surface area contributed by atoms with E-state index in [-0.39, 0.29) is 29.1 Å². The molecular weight excluding hydrogens is 760 g/mol.